The molecule has 0 spiro atoms. The van der Waals surface area contributed by atoms with Gasteiger partial charge < -0.3 is 9.42 Å². The van der Waals surface area contributed by atoms with E-state index < -0.39 is 0 Å². The largest absolute Gasteiger partial charge is 0.342 e. The second kappa shape index (κ2) is 6.73. The highest BCUT2D eigenvalue weighted by Gasteiger charge is 2.20. The Morgan fingerprint density at radius 2 is 2.09 bits per heavy atom. The molecule has 3 rings (SSSR count). The Kier molecular flexibility index (Phi) is 4.51. The van der Waals surface area contributed by atoms with Crippen LogP contribution in [-0.2, 0) is 0 Å². The van der Waals surface area contributed by atoms with Gasteiger partial charge in [0.15, 0.2) is 0 Å². The van der Waals surface area contributed by atoms with E-state index in [4.69, 9.17) is 4.52 Å². The Labute approximate surface area is 130 Å². The first-order valence-corrected chi connectivity index (χ1v) is 7.94. The molecular weight excluding hydrogens is 278 g/mol. The second-order valence-corrected chi connectivity index (χ2v) is 5.83. The molecule has 116 valence electrons. The number of amides is 1. The van der Waals surface area contributed by atoms with E-state index in [0.29, 0.717) is 5.82 Å². The number of hydrogen-bond acceptors (Lipinski definition) is 4. The van der Waals surface area contributed by atoms with Crippen molar-refractivity contribution in [2.24, 2.45) is 5.92 Å². The lowest BCUT2D eigenvalue weighted by atomic mass is 9.98. The molecule has 1 atom stereocenters. The summed E-state index contributed by atoms with van der Waals surface area (Å²) in [5.74, 6) is 1.43. The molecule has 1 aliphatic heterocycles. The molecule has 5 nitrogen and oxygen atoms in total. The monoisotopic (exact) mass is 299 g/mol. The molecule has 1 fully saturated rings. The summed E-state index contributed by atoms with van der Waals surface area (Å²) in [6.07, 6.45) is 5.96. The summed E-state index contributed by atoms with van der Waals surface area (Å²) in [5.41, 5.74) is 1.58. The zero-order valence-corrected chi connectivity index (χ0v) is 12.9. The number of benzene rings is 1. The average molecular weight is 299 g/mol. The molecule has 1 amide bonds. The van der Waals surface area contributed by atoms with Gasteiger partial charge in [-0.25, -0.2) is 0 Å². The lowest BCUT2D eigenvalue weighted by Gasteiger charge is -2.20. The fourth-order valence-electron chi connectivity index (χ4n) is 3.02. The molecule has 0 unspecified atom stereocenters. The van der Waals surface area contributed by atoms with Crippen LogP contribution in [0.4, 0.5) is 0 Å². The number of likely N-dealkylation sites (tertiary alicyclic amines) is 1. The summed E-state index contributed by atoms with van der Waals surface area (Å²) in [7, 11) is 0. The number of hydrogen-bond donors (Lipinski definition) is 0. The quantitative estimate of drug-likeness (QED) is 0.871. The topological polar surface area (TPSA) is 59.2 Å². The molecule has 0 radical (unpaired) electrons. The van der Waals surface area contributed by atoms with E-state index in [0.717, 1.165) is 43.0 Å². The van der Waals surface area contributed by atoms with Crippen LogP contribution in [0.2, 0.25) is 0 Å². The van der Waals surface area contributed by atoms with Gasteiger partial charge in [0.25, 0.3) is 5.91 Å². The van der Waals surface area contributed by atoms with E-state index in [9.17, 15) is 4.79 Å². The molecule has 2 heterocycles. The van der Waals surface area contributed by atoms with Gasteiger partial charge in [-0.15, -0.1) is 0 Å². The Morgan fingerprint density at radius 1 is 1.27 bits per heavy atom. The zero-order valence-electron chi connectivity index (χ0n) is 12.9. The van der Waals surface area contributed by atoms with Crippen molar-refractivity contribution in [2.75, 3.05) is 13.1 Å². The fourth-order valence-corrected chi connectivity index (χ4v) is 3.02. The van der Waals surface area contributed by atoms with E-state index in [1.165, 1.54) is 19.2 Å². The average Bonchev–Trinajstić information content (AvgIpc) is 2.99. The predicted octanol–water partition coefficient (Wildman–Crippen LogP) is 3.39. The highest BCUT2D eigenvalue weighted by molar-refractivity contribution is 5.94. The van der Waals surface area contributed by atoms with Gasteiger partial charge in [0.1, 0.15) is 0 Å². The highest BCUT2D eigenvalue weighted by Crippen LogP contribution is 2.22. The van der Waals surface area contributed by atoms with Crippen molar-refractivity contribution in [1.29, 1.82) is 0 Å². The summed E-state index contributed by atoms with van der Waals surface area (Å²) in [4.78, 5) is 18.6. The smallest absolute Gasteiger partial charge is 0.253 e. The Hall–Kier alpha value is -2.17. The zero-order chi connectivity index (χ0) is 15.4. The molecule has 0 aliphatic carbocycles. The normalized spacial score (nSPS) is 19.0. The maximum atomic E-state index is 12.6. The van der Waals surface area contributed by atoms with Gasteiger partial charge in [-0.2, -0.15) is 4.98 Å². The van der Waals surface area contributed by atoms with Crippen LogP contribution in [0, 0.1) is 5.92 Å². The van der Waals surface area contributed by atoms with Crippen molar-refractivity contribution in [3.63, 3.8) is 0 Å². The fraction of sp³-hybridized carbons (Fsp3) is 0.471. The standard InChI is InChI=1S/C17H21N3O2/c1-2-13-4-3-10-20(11-9-13)17(21)15-7-5-14(6-8-15)16-18-12-22-19-16/h5-8,12-13H,2-4,9-11H2,1H3/t13-/m1/s1. The summed E-state index contributed by atoms with van der Waals surface area (Å²) in [6, 6.07) is 7.42. The summed E-state index contributed by atoms with van der Waals surface area (Å²) >= 11 is 0. The van der Waals surface area contributed by atoms with Crippen LogP contribution >= 0.6 is 0 Å². The van der Waals surface area contributed by atoms with Crippen molar-refractivity contribution in [2.45, 2.75) is 32.6 Å². The first kappa shape index (κ1) is 14.8. The molecule has 1 aromatic heterocycles. The minimum absolute atomic E-state index is 0.122. The first-order valence-electron chi connectivity index (χ1n) is 7.94. The summed E-state index contributed by atoms with van der Waals surface area (Å²) in [6.45, 7) is 3.96. The minimum Gasteiger partial charge on any atom is -0.342 e. The summed E-state index contributed by atoms with van der Waals surface area (Å²) in [5, 5.41) is 3.80. The number of aromatic nitrogens is 2. The van der Waals surface area contributed by atoms with Gasteiger partial charge in [0.05, 0.1) is 0 Å². The van der Waals surface area contributed by atoms with Crippen LogP contribution in [0.15, 0.2) is 35.2 Å². The molecule has 1 aliphatic rings. The van der Waals surface area contributed by atoms with Crippen LogP contribution in [0.3, 0.4) is 0 Å². The number of rotatable bonds is 3. The lowest BCUT2D eigenvalue weighted by Crippen LogP contribution is -2.32. The van der Waals surface area contributed by atoms with Crippen molar-refractivity contribution in [3.8, 4) is 11.4 Å². The Bertz CT molecular complexity index is 607. The van der Waals surface area contributed by atoms with Crippen LogP contribution in [-0.4, -0.2) is 34.0 Å². The Balaban J connectivity index is 1.69. The van der Waals surface area contributed by atoms with Crippen molar-refractivity contribution < 1.29 is 9.32 Å². The van der Waals surface area contributed by atoms with Gasteiger partial charge in [-0.05, 0) is 37.3 Å². The SMILES string of the molecule is CC[C@@H]1CCCN(C(=O)c2ccc(-c3ncon3)cc2)CC1. The maximum absolute atomic E-state index is 12.6. The van der Waals surface area contributed by atoms with E-state index in [-0.39, 0.29) is 5.91 Å². The number of carbonyl (C=O) groups excluding carboxylic acids is 1. The van der Waals surface area contributed by atoms with Crippen molar-refractivity contribution in [3.05, 3.63) is 36.2 Å². The maximum Gasteiger partial charge on any atom is 0.253 e. The second-order valence-electron chi connectivity index (χ2n) is 5.83. The molecule has 0 bridgehead atoms. The molecule has 5 heteroatoms. The predicted molar refractivity (Wildman–Crippen MR) is 83.3 cm³/mol. The van der Waals surface area contributed by atoms with E-state index in [2.05, 4.69) is 17.1 Å². The van der Waals surface area contributed by atoms with Gasteiger partial charge in [-0.1, -0.05) is 30.6 Å². The third-order valence-electron chi connectivity index (χ3n) is 4.46. The van der Waals surface area contributed by atoms with E-state index in [1.54, 1.807) is 0 Å². The lowest BCUT2D eigenvalue weighted by molar-refractivity contribution is 0.0760. The molecule has 0 saturated carbocycles. The van der Waals surface area contributed by atoms with Crippen LogP contribution in [0.25, 0.3) is 11.4 Å². The van der Waals surface area contributed by atoms with Gasteiger partial charge >= 0.3 is 0 Å². The third-order valence-corrected chi connectivity index (χ3v) is 4.46. The molecule has 2 aromatic rings. The molecule has 22 heavy (non-hydrogen) atoms. The minimum atomic E-state index is 0.122. The van der Waals surface area contributed by atoms with Gasteiger partial charge in [0, 0.05) is 24.2 Å². The molecular formula is C17H21N3O2. The number of nitrogens with zero attached hydrogens (tertiary/aromatic N) is 3. The Morgan fingerprint density at radius 3 is 2.77 bits per heavy atom. The summed E-state index contributed by atoms with van der Waals surface area (Å²) < 4.78 is 4.74. The van der Waals surface area contributed by atoms with Gasteiger partial charge in [0.2, 0.25) is 12.2 Å². The molecule has 1 saturated heterocycles. The first-order chi connectivity index (χ1) is 10.8. The van der Waals surface area contributed by atoms with E-state index in [1.807, 2.05) is 29.2 Å². The van der Waals surface area contributed by atoms with Gasteiger partial charge in [-0.3, -0.25) is 4.79 Å². The van der Waals surface area contributed by atoms with E-state index >= 15 is 0 Å². The number of carbonyl (C=O) groups is 1. The highest BCUT2D eigenvalue weighted by atomic mass is 16.5. The molecule has 1 aromatic carbocycles. The van der Waals surface area contributed by atoms with Crippen molar-refractivity contribution >= 4 is 5.91 Å². The molecule has 0 N–H and O–H groups in total. The van der Waals surface area contributed by atoms with Crippen LogP contribution < -0.4 is 0 Å². The van der Waals surface area contributed by atoms with Crippen LogP contribution in [0.1, 0.15) is 43.0 Å². The van der Waals surface area contributed by atoms with Crippen molar-refractivity contribution in [1.82, 2.24) is 15.0 Å². The van der Waals surface area contributed by atoms with Crippen LogP contribution in [0.5, 0.6) is 0 Å². The third kappa shape index (κ3) is 3.18.